The Morgan fingerprint density at radius 1 is 1.39 bits per heavy atom. The molecule has 0 N–H and O–H groups in total. The number of ether oxygens (including phenoxy) is 1. The van der Waals surface area contributed by atoms with Gasteiger partial charge in [0.2, 0.25) is 0 Å². The molecule has 3 heteroatoms. The van der Waals surface area contributed by atoms with E-state index >= 15 is 0 Å². The van der Waals surface area contributed by atoms with E-state index in [1.165, 1.54) is 11.1 Å². The molecule has 0 atom stereocenters. The second-order valence-electron chi connectivity index (χ2n) is 4.85. The van der Waals surface area contributed by atoms with E-state index in [0.717, 1.165) is 38.1 Å². The number of benzene rings is 1. The lowest BCUT2D eigenvalue weighted by molar-refractivity contribution is -0.122. The third-order valence-corrected chi connectivity index (χ3v) is 3.46. The number of piperidine rings is 1. The van der Waals surface area contributed by atoms with Gasteiger partial charge in [0.1, 0.15) is 11.5 Å². The normalized spacial score (nSPS) is 16.9. The lowest BCUT2D eigenvalue weighted by Gasteiger charge is -2.25. The maximum absolute atomic E-state index is 11.4. The number of aryl methyl sites for hydroxylation is 1. The molecule has 0 unspecified atom stereocenters. The monoisotopic (exact) mass is 247 g/mol. The van der Waals surface area contributed by atoms with Crippen LogP contribution in [0.3, 0.4) is 0 Å². The number of hydrogen-bond donors (Lipinski definition) is 0. The third kappa shape index (κ3) is 3.10. The van der Waals surface area contributed by atoms with Crippen LogP contribution in [0.4, 0.5) is 0 Å². The van der Waals surface area contributed by atoms with E-state index in [1.54, 1.807) is 7.11 Å². The molecular formula is C15H21NO2. The maximum Gasteiger partial charge on any atom is 0.146 e. The highest BCUT2D eigenvalue weighted by Crippen LogP contribution is 2.21. The summed E-state index contributed by atoms with van der Waals surface area (Å²) in [7, 11) is 1.71. The van der Waals surface area contributed by atoms with Crippen molar-refractivity contribution >= 4 is 5.78 Å². The number of carbonyl (C=O) groups is 1. The van der Waals surface area contributed by atoms with Gasteiger partial charge in [-0.05, 0) is 36.6 Å². The predicted octanol–water partition coefficient (Wildman–Crippen LogP) is 2.42. The summed E-state index contributed by atoms with van der Waals surface area (Å²) in [5.41, 5.74) is 2.50. The smallest absolute Gasteiger partial charge is 0.146 e. The molecule has 0 bridgehead atoms. The number of likely N-dealkylation sites (tertiary alicyclic amines) is 1. The quantitative estimate of drug-likeness (QED) is 0.818. The molecular weight excluding hydrogens is 226 g/mol. The number of nitrogens with zero attached hydrogens (tertiary/aromatic N) is 1. The first-order chi connectivity index (χ1) is 8.72. The molecule has 1 aliphatic heterocycles. The molecule has 0 saturated carbocycles. The molecule has 1 aromatic carbocycles. The minimum absolute atomic E-state index is 0.366. The van der Waals surface area contributed by atoms with E-state index in [4.69, 9.17) is 4.74 Å². The van der Waals surface area contributed by atoms with Gasteiger partial charge >= 0.3 is 0 Å². The molecule has 3 nitrogen and oxygen atoms in total. The van der Waals surface area contributed by atoms with Crippen molar-refractivity contribution in [2.24, 2.45) is 0 Å². The predicted molar refractivity (Wildman–Crippen MR) is 71.9 cm³/mol. The van der Waals surface area contributed by atoms with Crippen LogP contribution < -0.4 is 4.74 Å². The van der Waals surface area contributed by atoms with Crippen molar-refractivity contribution in [2.45, 2.75) is 32.7 Å². The fourth-order valence-corrected chi connectivity index (χ4v) is 2.51. The molecule has 1 heterocycles. The van der Waals surface area contributed by atoms with Gasteiger partial charge < -0.3 is 4.74 Å². The zero-order valence-corrected chi connectivity index (χ0v) is 11.2. The molecule has 2 rings (SSSR count). The second kappa shape index (κ2) is 6.01. The van der Waals surface area contributed by atoms with Crippen molar-refractivity contribution in [3.63, 3.8) is 0 Å². The van der Waals surface area contributed by atoms with Gasteiger partial charge in [0.05, 0.1) is 13.7 Å². The summed E-state index contributed by atoms with van der Waals surface area (Å²) >= 11 is 0. The molecule has 0 spiro atoms. The molecule has 0 aliphatic carbocycles. The van der Waals surface area contributed by atoms with Gasteiger partial charge in [-0.1, -0.05) is 19.1 Å². The topological polar surface area (TPSA) is 29.5 Å². The number of hydrogen-bond acceptors (Lipinski definition) is 3. The molecule has 1 saturated heterocycles. The van der Waals surface area contributed by atoms with Gasteiger partial charge in [0, 0.05) is 13.0 Å². The second-order valence-corrected chi connectivity index (χ2v) is 4.85. The van der Waals surface area contributed by atoms with Crippen molar-refractivity contribution in [3.8, 4) is 5.75 Å². The van der Waals surface area contributed by atoms with E-state index < -0.39 is 0 Å². The van der Waals surface area contributed by atoms with Crippen LogP contribution in [0.15, 0.2) is 18.2 Å². The standard InChI is InChI=1S/C15H21NO2/c1-3-13-9-12(6-7-15(13)18-2)10-16-8-4-5-14(17)11-16/h6-7,9H,3-5,8,10-11H2,1-2H3. The van der Waals surface area contributed by atoms with Crippen LogP contribution >= 0.6 is 0 Å². The van der Waals surface area contributed by atoms with Gasteiger partial charge in [-0.2, -0.15) is 0 Å². The van der Waals surface area contributed by atoms with Crippen molar-refractivity contribution < 1.29 is 9.53 Å². The Balaban J connectivity index is 2.07. The van der Waals surface area contributed by atoms with Crippen molar-refractivity contribution in [1.29, 1.82) is 0 Å². The highest BCUT2D eigenvalue weighted by molar-refractivity contribution is 5.81. The lowest BCUT2D eigenvalue weighted by atomic mass is 10.1. The zero-order chi connectivity index (χ0) is 13.0. The summed E-state index contributed by atoms with van der Waals surface area (Å²) in [6.07, 6.45) is 2.71. The summed E-state index contributed by atoms with van der Waals surface area (Å²) < 4.78 is 5.33. The largest absolute Gasteiger partial charge is 0.496 e. The van der Waals surface area contributed by atoms with Gasteiger partial charge in [0.25, 0.3) is 0 Å². The molecule has 1 aromatic rings. The van der Waals surface area contributed by atoms with Crippen LogP contribution in [0, 0.1) is 0 Å². The van der Waals surface area contributed by atoms with Crippen LogP contribution in [0.5, 0.6) is 5.75 Å². The van der Waals surface area contributed by atoms with Crippen LogP contribution in [-0.2, 0) is 17.8 Å². The highest BCUT2D eigenvalue weighted by Gasteiger charge is 2.17. The first-order valence-corrected chi connectivity index (χ1v) is 6.62. The Morgan fingerprint density at radius 3 is 2.89 bits per heavy atom. The molecule has 0 aromatic heterocycles. The lowest BCUT2D eigenvalue weighted by Crippen LogP contribution is -2.34. The van der Waals surface area contributed by atoms with E-state index in [2.05, 4.69) is 24.0 Å². The Hall–Kier alpha value is -1.35. The Bertz CT molecular complexity index is 429. The summed E-state index contributed by atoms with van der Waals surface area (Å²) in [6, 6.07) is 6.31. The molecule has 0 radical (unpaired) electrons. The van der Waals surface area contributed by atoms with E-state index in [-0.39, 0.29) is 0 Å². The van der Waals surface area contributed by atoms with Gasteiger partial charge in [-0.15, -0.1) is 0 Å². The fourth-order valence-electron chi connectivity index (χ4n) is 2.51. The number of methoxy groups -OCH3 is 1. The fraction of sp³-hybridized carbons (Fsp3) is 0.533. The molecule has 1 fully saturated rings. The molecule has 98 valence electrons. The molecule has 1 aliphatic rings. The SMILES string of the molecule is CCc1cc(CN2CCCC(=O)C2)ccc1OC. The van der Waals surface area contributed by atoms with Crippen LogP contribution in [0.1, 0.15) is 30.9 Å². The summed E-state index contributed by atoms with van der Waals surface area (Å²) in [5, 5.41) is 0. The van der Waals surface area contributed by atoms with Gasteiger partial charge in [-0.25, -0.2) is 0 Å². The average molecular weight is 247 g/mol. The maximum atomic E-state index is 11.4. The number of Topliss-reactive ketones (excluding diaryl/α,β-unsaturated/α-hetero) is 1. The molecule has 18 heavy (non-hydrogen) atoms. The molecule has 0 amide bonds. The Morgan fingerprint density at radius 2 is 2.22 bits per heavy atom. The summed E-state index contributed by atoms with van der Waals surface area (Å²) in [6.45, 7) is 4.63. The number of carbonyl (C=O) groups excluding carboxylic acids is 1. The minimum atomic E-state index is 0.366. The van der Waals surface area contributed by atoms with Crippen LogP contribution in [0.25, 0.3) is 0 Å². The number of ketones is 1. The highest BCUT2D eigenvalue weighted by atomic mass is 16.5. The van der Waals surface area contributed by atoms with E-state index in [0.29, 0.717) is 12.3 Å². The first-order valence-electron chi connectivity index (χ1n) is 6.62. The number of rotatable bonds is 4. The summed E-state index contributed by atoms with van der Waals surface area (Å²) in [5.74, 6) is 1.32. The van der Waals surface area contributed by atoms with E-state index in [9.17, 15) is 4.79 Å². The van der Waals surface area contributed by atoms with Crippen molar-refractivity contribution in [3.05, 3.63) is 29.3 Å². The summed E-state index contributed by atoms with van der Waals surface area (Å²) in [4.78, 5) is 13.7. The van der Waals surface area contributed by atoms with Gasteiger partial charge in [0.15, 0.2) is 0 Å². The Labute approximate surface area is 109 Å². The van der Waals surface area contributed by atoms with E-state index in [1.807, 2.05) is 6.07 Å². The van der Waals surface area contributed by atoms with Crippen molar-refractivity contribution in [1.82, 2.24) is 4.90 Å². The average Bonchev–Trinajstić information content (AvgIpc) is 2.38. The minimum Gasteiger partial charge on any atom is -0.496 e. The first kappa shape index (κ1) is 13.1. The van der Waals surface area contributed by atoms with Gasteiger partial charge in [-0.3, -0.25) is 9.69 Å². The van der Waals surface area contributed by atoms with Crippen LogP contribution in [0.2, 0.25) is 0 Å². The third-order valence-electron chi connectivity index (χ3n) is 3.46. The zero-order valence-electron chi connectivity index (χ0n) is 11.2. The Kier molecular flexibility index (Phi) is 4.37. The van der Waals surface area contributed by atoms with Crippen LogP contribution in [-0.4, -0.2) is 30.9 Å². The van der Waals surface area contributed by atoms with Crippen molar-refractivity contribution in [2.75, 3.05) is 20.2 Å².